The van der Waals surface area contributed by atoms with Crippen molar-refractivity contribution in [3.05, 3.63) is 59.9 Å². The van der Waals surface area contributed by atoms with Crippen molar-refractivity contribution >= 4 is 11.9 Å². The van der Waals surface area contributed by atoms with E-state index >= 15 is 0 Å². The summed E-state index contributed by atoms with van der Waals surface area (Å²) in [6.45, 7) is 1.69. The number of rotatable bonds is 8. The van der Waals surface area contributed by atoms with Crippen LogP contribution in [0.1, 0.15) is 43.4 Å². The molecule has 0 N–H and O–H groups in total. The number of benzene rings is 1. The van der Waals surface area contributed by atoms with Gasteiger partial charge in [-0.15, -0.1) is 0 Å². The lowest BCUT2D eigenvalue weighted by Crippen LogP contribution is -2.59. The molecule has 1 aromatic carbocycles. The Morgan fingerprint density at radius 1 is 1.14 bits per heavy atom. The summed E-state index contributed by atoms with van der Waals surface area (Å²) in [4.78, 5) is 27.1. The summed E-state index contributed by atoms with van der Waals surface area (Å²) in [6.07, 6.45) is -3.02. The number of alkyl halides is 3. The maximum atomic E-state index is 14.4. The highest BCUT2D eigenvalue weighted by Gasteiger charge is 2.64. The minimum Gasteiger partial charge on any atom is -0.466 e. The van der Waals surface area contributed by atoms with Gasteiger partial charge in [0.25, 0.3) is 11.5 Å². The molecule has 10 heteroatoms. The molecule has 7 nitrogen and oxygen atoms in total. The number of carbonyl (C=O) groups is 2. The van der Waals surface area contributed by atoms with Gasteiger partial charge in [0, 0.05) is 50.1 Å². The molecule has 2 atom stereocenters. The Morgan fingerprint density at radius 3 is 2.25 bits per heavy atom. The highest BCUT2D eigenvalue weighted by Crippen LogP contribution is 2.49. The Hall–Kier alpha value is -3.32. The van der Waals surface area contributed by atoms with Crippen LogP contribution in [-0.4, -0.2) is 54.3 Å². The van der Waals surface area contributed by atoms with Crippen LogP contribution in [0.25, 0.3) is 0 Å². The lowest BCUT2D eigenvalue weighted by atomic mass is 9.65. The first-order chi connectivity index (χ1) is 17.1. The number of methoxy groups -OCH3 is 1. The van der Waals surface area contributed by atoms with Crippen molar-refractivity contribution in [2.24, 2.45) is 12.5 Å². The van der Waals surface area contributed by atoms with Crippen molar-refractivity contribution in [2.75, 3.05) is 26.8 Å². The van der Waals surface area contributed by atoms with E-state index < -0.39 is 35.0 Å². The highest BCUT2D eigenvalue weighted by atomic mass is 19.4. The van der Waals surface area contributed by atoms with Crippen LogP contribution in [-0.2, 0) is 31.7 Å². The molecule has 0 spiro atoms. The van der Waals surface area contributed by atoms with Crippen LogP contribution in [0.5, 0.6) is 0 Å². The third kappa shape index (κ3) is 4.85. The Morgan fingerprint density at radius 2 is 1.78 bits per heavy atom. The zero-order valence-electron chi connectivity index (χ0n) is 20.5. The van der Waals surface area contributed by atoms with Gasteiger partial charge in [-0.1, -0.05) is 30.3 Å². The zero-order chi connectivity index (χ0) is 26.6. The number of carbonyl (C=O) groups excluding carboxylic acids is 2. The molecule has 1 saturated heterocycles. The van der Waals surface area contributed by atoms with Gasteiger partial charge in [-0.05, 0) is 31.9 Å². The van der Waals surface area contributed by atoms with Gasteiger partial charge in [0.2, 0.25) is 0 Å². The van der Waals surface area contributed by atoms with E-state index in [9.17, 15) is 28.0 Å². The average molecular weight is 506 g/mol. The van der Waals surface area contributed by atoms with Gasteiger partial charge in [-0.2, -0.15) is 18.4 Å². The largest absolute Gasteiger partial charge is 0.466 e. The fraction of sp³-hybridized carbons (Fsp3) is 0.500. The van der Waals surface area contributed by atoms with Crippen molar-refractivity contribution in [3.63, 3.8) is 0 Å². The Bertz CT molecular complexity index is 1100. The quantitative estimate of drug-likeness (QED) is 0.500. The molecule has 1 aromatic heterocycles. The molecule has 0 aliphatic carbocycles. The molecule has 1 amide bonds. The number of likely N-dealkylation sites (tertiary alicyclic amines) is 1. The fourth-order valence-corrected chi connectivity index (χ4v) is 5.14. The minimum absolute atomic E-state index is 0.0745. The maximum Gasteiger partial charge on any atom is 0.430 e. The van der Waals surface area contributed by atoms with Gasteiger partial charge in [-0.25, -0.2) is 0 Å². The number of ether oxygens (including phenoxy) is 2. The Kier molecular flexibility index (Phi) is 8.14. The molecule has 1 aliphatic heterocycles. The fourth-order valence-electron chi connectivity index (χ4n) is 5.14. The molecule has 194 valence electrons. The summed E-state index contributed by atoms with van der Waals surface area (Å²) >= 11 is 0. The molecular formula is C26H30F3N3O4. The van der Waals surface area contributed by atoms with Crippen molar-refractivity contribution in [3.8, 4) is 6.07 Å². The molecule has 0 bridgehead atoms. The van der Waals surface area contributed by atoms with E-state index in [1.54, 1.807) is 42.9 Å². The first-order valence-electron chi connectivity index (χ1n) is 11.7. The van der Waals surface area contributed by atoms with Crippen molar-refractivity contribution in [1.82, 2.24) is 9.47 Å². The predicted octanol–water partition coefficient (Wildman–Crippen LogP) is 4.30. The van der Waals surface area contributed by atoms with Gasteiger partial charge in [-0.3, -0.25) is 9.59 Å². The number of nitriles is 1. The van der Waals surface area contributed by atoms with Crippen LogP contribution < -0.4 is 0 Å². The summed E-state index contributed by atoms with van der Waals surface area (Å²) in [5.41, 5.74) is -3.70. The third-order valence-electron chi connectivity index (χ3n) is 7.06. The predicted molar refractivity (Wildman–Crippen MR) is 124 cm³/mol. The minimum atomic E-state index is -5.02. The number of amides is 1. The van der Waals surface area contributed by atoms with Gasteiger partial charge in [0.15, 0.2) is 0 Å². The summed E-state index contributed by atoms with van der Waals surface area (Å²) in [6, 6.07) is 12.7. The second kappa shape index (κ2) is 10.7. The topological polar surface area (TPSA) is 84.6 Å². The first-order valence-corrected chi connectivity index (χ1v) is 11.7. The Labute approximate surface area is 208 Å². The second-order valence-corrected chi connectivity index (χ2v) is 8.99. The van der Waals surface area contributed by atoms with Crippen LogP contribution in [0.2, 0.25) is 0 Å². The summed E-state index contributed by atoms with van der Waals surface area (Å²) < 4.78 is 55.1. The first kappa shape index (κ1) is 27.3. The molecule has 1 unspecified atom stereocenters. The number of piperidine rings is 1. The number of esters is 1. The van der Waals surface area contributed by atoms with E-state index in [2.05, 4.69) is 6.07 Å². The van der Waals surface area contributed by atoms with Crippen LogP contribution in [0.15, 0.2) is 48.7 Å². The van der Waals surface area contributed by atoms with Crippen LogP contribution >= 0.6 is 0 Å². The number of aromatic nitrogens is 1. The molecule has 2 aromatic rings. The number of hydrogen-bond acceptors (Lipinski definition) is 5. The normalized spacial score (nSPS) is 18.1. The van der Waals surface area contributed by atoms with E-state index in [0.29, 0.717) is 5.69 Å². The van der Waals surface area contributed by atoms with Crippen LogP contribution in [0.4, 0.5) is 13.2 Å². The van der Waals surface area contributed by atoms with Gasteiger partial charge in [0.1, 0.15) is 0 Å². The van der Waals surface area contributed by atoms with E-state index in [-0.39, 0.29) is 44.5 Å². The molecule has 1 fully saturated rings. The van der Waals surface area contributed by atoms with Gasteiger partial charge < -0.3 is 18.9 Å². The van der Waals surface area contributed by atoms with E-state index in [1.807, 2.05) is 0 Å². The van der Waals surface area contributed by atoms with E-state index in [1.165, 1.54) is 24.3 Å². The van der Waals surface area contributed by atoms with Crippen LogP contribution in [0, 0.1) is 16.7 Å². The lowest BCUT2D eigenvalue weighted by Gasteiger charge is -2.46. The second-order valence-electron chi connectivity index (χ2n) is 8.99. The molecule has 2 heterocycles. The smallest absolute Gasteiger partial charge is 0.430 e. The molecule has 3 rings (SSSR count). The third-order valence-corrected chi connectivity index (χ3v) is 7.06. The highest BCUT2D eigenvalue weighted by molar-refractivity contribution is 5.88. The van der Waals surface area contributed by atoms with E-state index in [4.69, 9.17) is 9.47 Å². The summed E-state index contributed by atoms with van der Waals surface area (Å²) in [5.74, 6) is -2.43. The van der Waals surface area contributed by atoms with Crippen molar-refractivity contribution in [2.45, 2.75) is 43.9 Å². The van der Waals surface area contributed by atoms with Crippen LogP contribution in [0.3, 0.4) is 0 Å². The van der Waals surface area contributed by atoms with Crippen molar-refractivity contribution in [1.29, 1.82) is 5.26 Å². The standard InChI is InChI=1S/C26H30F3N3O4/c1-4-36-22(33)17-24(20(18-30)21-11-8-14-31(21)2)12-15-32(16-13-24)23(34)25(35-3,26(27,28)29)19-9-6-5-7-10-19/h5-11,14,20H,4,12-13,15-17H2,1-3H3/t20?,25-/m1/s1. The van der Waals surface area contributed by atoms with Gasteiger partial charge in [0.05, 0.1) is 25.0 Å². The lowest BCUT2D eigenvalue weighted by molar-refractivity contribution is -0.271. The molecule has 0 radical (unpaired) electrons. The Balaban J connectivity index is 1.96. The molecular weight excluding hydrogens is 475 g/mol. The molecule has 1 aliphatic rings. The number of aryl methyl sites for hydroxylation is 1. The number of hydrogen-bond donors (Lipinski definition) is 0. The molecule has 0 saturated carbocycles. The zero-order valence-corrected chi connectivity index (χ0v) is 20.5. The van der Waals surface area contributed by atoms with Crippen molar-refractivity contribution < 1.29 is 32.2 Å². The van der Waals surface area contributed by atoms with E-state index in [0.717, 1.165) is 12.0 Å². The SMILES string of the molecule is CCOC(=O)CC1(C(C#N)c2cccn2C)CCN(C(=O)[C@](OC)(c2ccccc2)C(F)(F)F)CC1. The summed E-state index contributed by atoms with van der Waals surface area (Å²) in [5, 5.41) is 10.1. The maximum absolute atomic E-state index is 14.4. The number of halogens is 3. The molecule has 36 heavy (non-hydrogen) atoms. The average Bonchev–Trinajstić information content (AvgIpc) is 3.26. The summed E-state index contributed by atoms with van der Waals surface area (Å²) in [7, 11) is 2.65. The van der Waals surface area contributed by atoms with Gasteiger partial charge >= 0.3 is 12.1 Å². The number of nitrogens with zero attached hydrogens (tertiary/aromatic N) is 3. The monoisotopic (exact) mass is 505 g/mol.